The van der Waals surface area contributed by atoms with Crippen LogP contribution in [0.4, 0.5) is 0 Å². The van der Waals surface area contributed by atoms with Crippen LogP contribution in [-0.2, 0) is 0 Å². The Kier molecular flexibility index (Phi) is 5.48. The third kappa shape index (κ3) is 4.12. The first-order valence-corrected chi connectivity index (χ1v) is 9.82. The number of ether oxygens (including phenoxy) is 3. The maximum absolute atomic E-state index is 12.3. The van der Waals surface area contributed by atoms with Crippen LogP contribution in [0.3, 0.4) is 0 Å². The van der Waals surface area contributed by atoms with Crippen LogP contribution in [0, 0.1) is 0 Å². The van der Waals surface area contributed by atoms with E-state index in [2.05, 4.69) is 10.2 Å². The zero-order valence-electron chi connectivity index (χ0n) is 15.2. The van der Waals surface area contributed by atoms with Gasteiger partial charge in [-0.1, -0.05) is 23.9 Å². The molecule has 8 heteroatoms. The second kappa shape index (κ2) is 8.35. The fourth-order valence-corrected chi connectivity index (χ4v) is 3.33. The Morgan fingerprint density at radius 3 is 2.71 bits per heavy atom. The molecule has 7 nitrogen and oxygen atoms in total. The molecule has 4 rings (SSSR count). The van der Waals surface area contributed by atoms with Gasteiger partial charge in [-0.25, -0.2) is 0 Å². The Balaban J connectivity index is 1.34. The van der Waals surface area contributed by atoms with Gasteiger partial charge in [-0.3, -0.25) is 4.79 Å². The monoisotopic (exact) mass is 398 g/mol. The lowest BCUT2D eigenvalue weighted by Crippen LogP contribution is -2.21. The van der Waals surface area contributed by atoms with Crippen molar-refractivity contribution in [3.8, 4) is 17.2 Å². The molecule has 0 unspecified atom stereocenters. The minimum atomic E-state index is -0.474. The number of para-hydroxylation sites is 2. The molecule has 0 fully saturated rings. The average molecular weight is 398 g/mol. The number of hydrogen-bond acceptors (Lipinski definition) is 8. The van der Waals surface area contributed by atoms with Crippen molar-refractivity contribution in [1.29, 1.82) is 0 Å². The second-order valence-electron chi connectivity index (χ2n) is 5.94. The zero-order chi connectivity index (χ0) is 19.3. The summed E-state index contributed by atoms with van der Waals surface area (Å²) in [6.45, 7) is 2.79. The number of benzene rings is 2. The van der Waals surface area contributed by atoms with Crippen molar-refractivity contribution < 1.29 is 23.4 Å². The molecule has 1 aliphatic rings. The van der Waals surface area contributed by atoms with Gasteiger partial charge in [-0.15, -0.1) is 10.2 Å². The molecule has 3 aromatic rings. The van der Waals surface area contributed by atoms with Crippen LogP contribution in [-0.4, -0.2) is 34.9 Å². The number of fused-ring (bicyclic) bond motifs is 1. The number of ketones is 1. The molecule has 144 valence electrons. The van der Waals surface area contributed by atoms with Crippen molar-refractivity contribution in [2.75, 3.05) is 19.0 Å². The van der Waals surface area contributed by atoms with Gasteiger partial charge in [0, 0.05) is 5.56 Å². The van der Waals surface area contributed by atoms with E-state index in [0.29, 0.717) is 34.8 Å². The number of nitrogens with zero attached hydrogens (tertiary/aromatic N) is 2. The largest absolute Gasteiger partial charge is 0.494 e. The predicted octanol–water partition coefficient (Wildman–Crippen LogP) is 3.96. The van der Waals surface area contributed by atoms with Crippen molar-refractivity contribution in [1.82, 2.24) is 10.2 Å². The highest BCUT2D eigenvalue weighted by Gasteiger charge is 2.27. The normalized spacial score (nSPS) is 15.2. The van der Waals surface area contributed by atoms with Crippen LogP contribution < -0.4 is 14.2 Å². The van der Waals surface area contributed by atoms with Gasteiger partial charge in [0.2, 0.25) is 6.10 Å². The molecule has 0 radical (unpaired) electrons. The molecule has 0 aliphatic carbocycles. The molecular weight excluding hydrogens is 380 g/mol. The second-order valence-corrected chi connectivity index (χ2v) is 6.87. The Labute approximate surface area is 166 Å². The van der Waals surface area contributed by atoms with Crippen molar-refractivity contribution in [2.24, 2.45) is 0 Å². The summed E-state index contributed by atoms with van der Waals surface area (Å²) in [6.07, 6.45) is -0.474. The number of carbonyl (C=O) groups excluding carboxylic acids is 1. The molecule has 1 atom stereocenters. The van der Waals surface area contributed by atoms with Crippen LogP contribution in [0.5, 0.6) is 17.2 Å². The predicted molar refractivity (Wildman–Crippen MR) is 102 cm³/mol. The molecule has 0 bridgehead atoms. The van der Waals surface area contributed by atoms with Crippen molar-refractivity contribution in [3.05, 3.63) is 60.0 Å². The van der Waals surface area contributed by atoms with Gasteiger partial charge in [0.25, 0.3) is 11.1 Å². The van der Waals surface area contributed by atoms with Gasteiger partial charge < -0.3 is 18.6 Å². The fraction of sp³-hybridized carbons (Fsp3) is 0.250. The molecule has 0 amide bonds. The van der Waals surface area contributed by atoms with Crippen molar-refractivity contribution in [3.63, 3.8) is 0 Å². The summed E-state index contributed by atoms with van der Waals surface area (Å²) in [5, 5.41) is 8.33. The number of carbonyl (C=O) groups is 1. The van der Waals surface area contributed by atoms with E-state index >= 15 is 0 Å². The fourth-order valence-electron chi connectivity index (χ4n) is 2.66. The van der Waals surface area contributed by atoms with Crippen LogP contribution in [0.2, 0.25) is 0 Å². The first kappa shape index (κ1) is 18.4. The van der Waals surface area contributed by atoms with Gasteiger partial charge >= 0.3 is 0 Å². The number of rotatable bonds is 7. The lowest BCUT2D eigenvalue weighted by molar-refractivity contribution is 0.0686. The van der Waals surface area contributed by atoms with Crippen LogP contribution in [0.25, 0.3) is 0 Å². The van der Waals surface area contributed by atoms with E-state index in [9.17, 15) is 4.79 Å². The molecule has 1 aromatic heterocycles. The molecule has 2 aromatic carbocycles. The minimum absolute atomic E-state index is 0.0287. The number of hydrogen-bond donors (Lipinski definition) is 0. The Bertz CT molecular complexity index is 957. The summed E-state index contributed by atoms with van der Waals surface area (Å²) in [5.41, 5.74) is 0.608. The van der Waals surface area contributed by atoms with Crippen LogP contribution in [0.1, 0.15) is 29.3 Å². The van der Waals surface area contributed by atoms with Gasteiger partial charge in [0.15, 0.2) is 17.3 Å². The lowest BCUT2D eigenvalue weighted by Gasteiger charge is -2.23. The van der Waals surface area contributed by atoms with E-state index in [1.165, 1.54) is 11.8 Å². The molecule has 1 aliphatic heterocycles. The van der Waals surface area contributed by atoms with Gasteiger partial charge in [-0.2, -0.15) is 0 Å². The quantitative estimate of drug-likeness (QED) is 0.437. The highest BCUT2D eigenvalue weighted by Crippen LogP contribution is 2.36. The summed E-state index contributed by atoms with van der Waals surface area (Å²) in [5.74, 6) is 2.56. The topological polar surface area (TPSA) is 83.7 Å². The van der Waals surface area contributed by atoms with Gasteiger partial charge in [0.05, 0.1) is 12.4 Å². The van der Waals surface area contributed by atoms with E-state index in [1.54, 1.807) is 24.3 Å². The number of thioether (sulfide) groups is 1. The van der Waals surface area contributed by atoms with Gasteiger partial charge in [0.1, 0.15) is 12.4 Å². The first-order valence-electron chi connectivity index (χ1n) is 8.83. The Morgan fingerprint density at radius 2 is 1.93 bits per heavy atom. The van der Waals surface area contributed by atoms with Crippen LogP contribution in [0.15, 0.2) is 58.2 Å². The lowest BCUT2D eigenvalue weighted by atomic mass is 10.1. The SMILES string of the molecule is CCOc1ccc(C(=O)CSc2nnc([C@H]3COc4ccccc4O3)o2)cc1. The van der Waals surface area contributed by atoms with E-state index in [-0.39, 0.29) is 18.1 Å². The summed E-state index contributed by atoms with van der Waals surface area (Å²) >= 11 is 1.19. The molecular formula is C20H18N2O5S. The molecule has 0 spiro atoms. The molecule has 0 saturated heterocycles. The Morgan fingerprint density at radius 1 is 1.14 bits per heavy atom. The molecule has 28 heavy (non-hydrogen) atoms. The zero-order valence-corrected chi connectivity index (χ0v) is 16.0. The third-order valence-corrected chi connectivity index (χ3v) is 4.84. The average Bonchev–Trinajstić information content (AvgIpc) is 3.21. The van der Waals surface area contributed by atoms with E-state index in [0.717, 1.165) is 5.75 Å². The Hall–Kier alpha value is -3.00. The smallest absolute Gasteiger partial charge is 0.277 e. The molecule has 0 N–H and O–H groups in total. The standard InChI is InChI=1S/C20H18N2O5S/c1-2-24-14-9-7-13(8-10-14)15(23)12-28-20-22-21-19(27-20)18-11-25-16-5-3-4-6-17(16)26-18/h3-10,18H,2,11-12H2,1H3/t18-/m1/s1. The van der Waals surface area contributed by atoms with E-state index in [1.807, 2.05) is 31.2 Å². The summed E-state index contributed by atoms with van der Waals surface area (Å²) < 4.78 is 22.5. The van der Waals surface area contributed by atoms with E-state index in [4.69, 9.17) is 18.6 Å². The number of aromatic nitrogens is 2. The highest BCUT2D eigenvalue weighted by molar-refractivity contribution is 7.99. The number of Topliss-reactive ketones (excluding diaryl/α,β-unsaturated/α-hetero) is 1. The van der Waals surface area contributed by atoms with Crippen molar-refractivity contribution >= 4 is 17.5 Å². The van der Waals surface area contributed by atoms with Crippen LogP contribution >= 0.6 is 11.8 Å². The summed E-state index contributed by atoms with van der Waals surface area (Å²) in [6, 6.07) is 14.5. The van der Waals surface area contributed by atoms with E-state index < -0.39 is 6.10 Å². The third-order valence-electron chi connectivity index (χ3n) is 4.02. The molecule has 0 saturated carbocycles. The minimum Gasteiger partial charge on any atom is -0.494 e. The van der Waals surface area contributed by atoms with Gasteiger partial charge in [-0.05, 0) is 43.3 Å². The molecule has 2 heterocycles. The summed E-state index contributed by atoms with van der Waals surface area (Å²) in [4.78, 5) is 12.3. The highest BCUT2D eigenvalue weighted by atomic mass is 32.2. The maximum Gasteiger partial charge on any atom is 0.277 e. The summed E-state index contributed by atoms with van der Waals surface area (Å²) in [7, 11) is 0. The maximum atomic E-state index is 12.3. The van der Waals surface area contributed by atoms with Crippen molar-refractivity contribution in [2.45, 2.75) is 18.3 Å². The first-order chi connectivity index (χ1) is 13.7.